The van der Waals surface area contributed by atoms with Gasteiger partial charge in [0.25, 0.3) is 0 Å². The van der Waals surface area contributed by atoms with Crippen molar-refractivity contribution in [1.29, 1.82) is 0 Å². The van der Waals surface area contributed by atoms with Crippen molar-refractivity contribution in [2.24, 2.45) is 0 Å². The summed E-state index contributed by atoms with van der Waals surface area (Å²) in [5, 5.41) is 3.20. The summed E-state index contributed by atoms with van der Waals surface area (Å²) in [5.41, 5.74) is 10.7. The summed E-state index contributed by atoms with van der Waals surface area (Å²) in [6, 6.07) is 50.8. The molecule has 1 aliphatic heterocycles. The topological polar surface area (TPSA) is 59.1 Å². The van der Waals surface area contributed by atoms with E-state index in [2.05, 4.69) is 113 Å². The minimum absolute atomic E-state index is 0.0241. The van der Waals surface area contributed by atoms with Crippen molar-refractivity contribution < 1.29 is 13.6 Å². The highest BCUT2D eigenvalue weighted by Gasteiger charge is 2.29. The second kappa shape index (κ2) is 12.4. The number of hydrogen-bond acceptors (Lipinski definition) is 6. The minimum atomic E-state index is -0.0241. The number of allylic oxidation sites excluding steroid dienone is 3. The van der Waals surface area contributed by atoms with Gasteiger partial charge >= 0.3 is 0 Å². The first-order chi connectivity index (χ1) is 27.2. The van der Waals surface area contributed by atoms with Gasteiger partial charge in [-0.1, -0.05) is 78.9 Å². The molecule has 55 heavy (non-hydrogen) atoms. The fraction of sp³-hybridized carbons (Fsp3) is 0.0408. The van der Waals surface area contributed by atoms with Crippen LogP contribution in [0.25, 0.3) is 55.0 Å². The summed E-state index contributed by atoms with van der Waals surface area (Å²) in [5.74, 6) is 1.49. The number of ether oxygens (including phenoxy) is 1. The molecule has 0 saturated heterocycles. The van der Waals surface area contributed by atoms with Crippen molar-refractivity contribution in [2.45, 2.75) is 12.8 Å². The molecular formula is C49H32N2O4. The van der Waals surface area contributed by atoms with E-state index in [1.165, 1.54) is 0 Å². The van der Waals surface area contributed by atoms with E-state index in [0.717, 1.165) is 91.5 Å². The fourth-order valence-electron chi connectivity index (χ4n) is 8.01. The van der Waals surface area contributed by atoms with Crippen LogP contribution in [0.1, 0.15) is 12.8 Å². The molecule has 2 aromatic heterocycles. The van der Waals surface area contributed by atoms with Gasteiger partial charge in [-0.25, -0.2) is 0 Å². The van der Waals surface area contributed by atoms with Crippen LogP contribution >= 0.6 is 0 Å². The number of rotatable bonds is 5. The Bertz CT molecular complexity index is 3100. The summed E-state index contributed by atoms with van der Waals surface area (Å²) in [6.07, 6.45) is 8.76. The van der Waals surface area contributed by atoms with E-state index in [0.29, 0.717) is 21.9 Å². The molecule has 1 aliphatic carbocycles. The molecule has 3 heterocycles. The van der Waals surface area contributed by atoms with Crippen LogP contribution in [0.3, 0.4) is 0 Å². The first-order valence-corrected chi connectivity index (χ1v) is 18.5. The van der Waals surface area contributed by atoms with E-state index in [4.69, 9.17) is 13.6 Å². The third kappa shape index (κ3) is 5.14. The van der Waals surface area contributed by atoms with Gasteiger partial charge in [-0.2, -0.15) is 0 Å². The predicted molar refractivity (Wildman–Crippen MR) is 222 cm³/mol. The average molecular weight is 713 g/mol. The van der Waals surface area contributed by atoms with Gasteiger partial charge in [-0.05, 0) is 103 Å². The molecule has 0 amide bonds. The van der Waals surface area contributed by atoms with Gasteiger partial charge in [0.05, 0.1) is 22.1 Å². The van der Waals surface area contributed by atoms with Gasteiger partial charge in [0.15, 0.2) is 11.5 Å². The second-order valence-corrected chi connectivity index (χ2v) is 14.0. The van der Waals surface area contributed by atoms with Crippen molar-refractivity contribution in [2.75, 3.05) is 9.80 Å². The number of benzene rings is 7. The third-order valence-corrected chi connectivity index (χ3v) is 10.6. The predicted octanol–water partition coefficient (Wildman–Crippen LogP) is 13.5. The molecule has 0 fully saturated rings. The molecule has 7 aromatic carbocycles. The Morgan fingerprint density at radius 1 is 0.509 bits per heavy atom. The fourth-order valence-corrected chi connectivity index (χ4v) is 8.01. The summed E-state index contributed by atoms with van der Waals surface area (Å²) in [6.45, 7) is 0. The van der Waals surface area contributed by atoms with Gasteiger partial charge in [0, 0.05) is 45.7 Å². The molecule has 0 spiro atoms. The van der Waals surface area contributed by atoms with Crippen LogP contribution in [0.5, 0.6) is 11.5 Å². The Morgan fingerprint density at radius 2 is 1.20 bits per heavy atom. The van der Waals surface area contributed by atoms with Crippen LogP contribution in [0, 0.1) is 0 Å². The zero-order valence-corrected chi connectivity index (χ0v) is 29.6. The van der Waals surface area contributed by atoms with Crippen LogP contribution in [0.2, 0.25) is 0 Å². The van der Waals surface area contributed by atoms with Crippen LogP contribution in [0.4, 0.5) is 28.4 Å². The molecule has 0 N–H and O–H groups in total. The van der Waals surface area contributed by atoms with E-state index in [-0.39, 0.29) is 5.43 Å². The van der Waals surface area contributed by atoms with Crippen molar-refractivity contribution in [3.63, 3.8) is 0 Å². The normalized spacial score (nSPS) is 13.5. The molecule has 9 aromatic rings. The number of para-hydroxylation sites is 3. The Labute approximate surface area is 316 Å². The van der Waals surface area contributed by atoms with Crippen LogP contribution < -0.4 is 20.0 Å². The lowest BCUT2D eigenvalue weighted by atomic mass is 10.0. The van der Waals surface area contributed by atoms with E-state index >= 15 is 0 Å². The highest BCUT2D eigenvalue weighted by molar-refractivity contribution is 6.08. The zero-order valence-electron chi connectivity index (χ0n) is 29.6. The van der Waals surface area contributed by atoms with Gasteiger partial charge in [0.2, 0.25) is 5.43 Å². The Morgan fingerprint density at radius 3 is 2.00 bits per heavy atom. The molecule has 0 atom stereocenters. The quantitative estimate of drug-likeness (QED) is 0.166. The van der Waals surface area contributed by atoms with E-state index in [1.807, 2.05) is 60.7 Å². The van der Waals surface area contributed by atoms with E-state index in [9.17, 15) is 4.79 Å². The summed E-state index contributed by atoms with van der Waals surface area (Å²) < 4.78 is 19.4. The number of hydrogen-bond donors (Lipinski definition) is 0. The maximum atomic E-state index is 13.2. The first-order valence-electron chi connectivity index (χ1n) is 18.5. The van der Waals surface area contributed by atoms with Gasteiger partial charge in [-0.3, -0.25) is 4.79 Å². The molecule has 0 saturated carbocycles. The highest BCUT2D eigenvalue weighted by Crippen LogP contribution is 2.54. The summed E-state index contributed by atoms with van der Waals surface area (Å²) >= 11 is 0. The van der Waals surface area contributed by atoms with Crippen LogP contribution in [0.15, 0.2) is 189 Å². The first kappa shape index (κ1) is 31.2. The summed E-state index contributed by atoms with van der Waals surface area (Å²) in [7, 11) is 0. The number of anilines is 5. The lowest BCUT2D eigenvalue weighted by Gasteiger charge is -2.34. The second-order valence-electron chi connectivity index (χ2n) is 14.0. The lowest BCUT2D eigenvalue weighted by molar-refractivity contribution is 0.477. The monoisotopic (exact) mass is 712 g/mol. The van der Waals surface area contributed by atoms with Crippen molar-refractivity contribution in [3.8, 4) is 22.6 Å². The molecule has 2 aliphatic rings. The molecule has 0 bridgehead atoms. The molecule has 6 nitrogen and oxygen atoms in total. The Kier molecular flexibility index (Phi) is 7.04. The number of nitrogens with zero attached hydrogens (tertiary/aromatic N) is 2. The lowest BCUT2D eigenvalue weighted by Crippen LogP contribution is -2.18. The largest absolute Gasteiger partial charge is 0.456 e. The molecule has 0 radical (unpaired) electrons. The molecule has 0 unspecified atom stereocenters. The SMILES string of the molecule is O=c1c2ccccc2oc2cc(-c3ccc(N4c5ccc(N(C6=CCCC=C6)c6ccccc6)cc5Oc5cc6c(cc54)oc4ccccc46)cc3)ccc12. The van der Waals surface area contributed by atoms with Gasteiger partial charge < -0.3 is 23.4 Å². The molecular weight excluding hydrogens is 681 g/mol. The molecule has 6 heteroatoms. The highest BCUT2D eigenvalue weighted by atomic mass is 16.5. The standard InChI is InChI=1S/C49H32N2O4/c52-49-38-16-8-10-18-44(38)54-45-27-32(21-25-39(45)49)31-19-22-35(23-20-31)51-41-26-24-36(50(33-11-3-1-4-12-33)34-13-5-2-6-14-34)28-47(41)55-48-29-40-37-15-7-9-17-43(37)53-46(40)30-42(48)51/h1,3-5,7-30H,2,6H2. The van der Waals surface area contributed by atoms with Gasteiger partial charge in [0.1, 0.15) is 22.3 Å². The van der Waals surface area contributed by atoms with Crippen molar-refractivity contribution in [1.82, 2.24) is 0 Å². The molecule has 11 rings (SSSR count). The average Bonchev–Trinajstić information content (AvgIpc) is 3.60. The third-order valence-electron chi connectivity index (χ3n) is 10.6. The molecule has 262 valence electrons. The van der Waals surface area contributed by atoms with Crippen molar-refractivity contribution >= 4 is 72.3 Å². The van der Waals surface area contributed by atoms with Gasteiger partial charge in [-0.15, -0.1) is 0 Å². The zero-order chi connectivity index (χ0) is 36.5. The van der Waals surface area contributed by atoms with Crippen molar-refractivity contribution in [3.05, 3.63) is 186 Å². The Hall–Kier alpha value is -7.31. The van der Waals surface area contributed by atoms with Crippen LogP contribution in [-0.2, 0) is 0 Å². The smallest absolute Gasteiger partial charge is 0.200 e. The van der Waals surface area contributed by atoms with Crippen LogP contribution in [-0.4, -0.2) is 0 Å². The minimum Gasteiger partial charge on any atom is -0.456 e. The Balaban J connectivity index is 1.04. The summed E-state index contributed by atoms with van der Waals surface area (Å²) in [4.78, 5) is 17.7. The van der Waals surface area contributed by atoms with E-state index in [1.54, 1.807) is 6.07 Å². The number of furan rings is 1. The van der Waals surface area contributed by atoms with E-state index < -0.39 is 0 Å². The maximum Gasteiger partial charge on any atom is 0.200 e. The maximum absolute atomic E-state index is 13.2. The number of fused-ring (bicyclic) bond motifs is 7.